The maximum atomic E-state index is 12.5. The predicted molar refractivity (Wildman–Crippen MR) is 61.3 cm³/mol. The van der Waals surface area contributed by atoms with Crippen molar-refractivity contribution in [1.29, 1.82) is 0 Å². The van der Waals surface area contributed by atoms with Crippen LogP contribution in [0.5, 0.6) is 0 Å². The standard InChI is InChI=1S/C12H18F6O3/c1-5-9(3,4)8(19)21-7(2)6-10(20,11(13,14)15)12(16,17)18/h7,20H,5-6H2,1-4H3. The first kappa shape index (κ1) is 20.0. The van der Waals surface area contributed by atoms with Gasteiger partial charge in [0.25, 0.3) is 5.60 Å². The lowest BCUT2D eigenvalue weighted by molar-refractivity contribution is -0.373. The van der Waals surface area contributed by atoms with Crippen LogP contribution in [0.25, 0.3) is 0 Å². The molecule has 0 spiro atoms. The Balaban J connectivity index is 5.12. The Labute approximate surface area is 118 Å². The molecule has 9 heteroatoms. The van der Waals surface area contributed by atoms with Gasteiger partial charge >= 0.3 is 18.3 Å². The van der Waals surface area contributed by atoms with Gasteiger partial charge in [-0.1, -0.05) is 6.92 Å². The van der Waals surface area contributed by atoms with Gasteiger partial charge in [0.2, 0.25) is 0 Å². The fourth-order valence-electron chi connectivity index (χ4n) is 1.34. The average Bonchev–Trinajstić information content (AvgIpc) is 2.25. The van der Waals surface area contributed by atoms with Crippen molar-refractivity contribution in [3.8, 4) is 0 Å². The van der Waals surface area contributed by atoms with Crippen molar-refractivity contribution >= 4 is 5.97 Å². The van der Waals surface area contributed by atoms with Crippen LogP contribution in [0.4, 0.5) is 26.3 Å². The number of carbonyl (C=O) groups is 1. The molecule has 0 aromatic rings. The van der Waals surface area contributed by atoms with E-state index in [1.807, 2.05) is 0 Å². The van der Waals surface area contributed by atoms with E-state index in [9.17, 15) is 31.1 Å². The van der Waals surface area contributed by atoms with Gasteiger partial charge in [-0.3, -0.25) is 4.79 Å². The van der Waals surface area contributed by atoms with E-state index in [-0.39, 0.29) is 0 Å². The van der Waals surface area contributed by atoms with E-state index in [4.69, 9.17) is 5.11 Å². The topological polar surface area (TPSA) is 46.5 Å². The number of alkyl halides is 6. The number of esters is 1. The lowest BCUT2D eigenvalue weighted by atomic mass is 9.90. The maximum Gasteiger partial charge on any atom is 0.426 e. The van der Waals surface area contributed by atoms with Crippen molar-refractivity contribution in [2.45, 2.75) is 64.6 Å². The summed E-state index contributed by atoms with van der Waals surface area (Å²) < 4.78 is 79.5. The second kappa shape index (κ2) is 6.02. The molecule has 21 heavy (non-hydrogen) atoms. The number of carbonyl (C=O) groups excluding carboxylic acids is 1. The molecule has 0 aliphatic carbocycles. The summed E-state index contributed by atoms with van der Waals surface area (Å²) in [5.74, 6) is -0.927. The lowest BCUT2D eigenvalue weighted by Crippen LogP contribution is -2.58. The normalized spacial score (nSPS) is 15.8. The third-order valence-electron chi connectivity index (χ3n) is 3.27. The number of ether oxygens (including phenoxy) is 1. The Morgan fingerprint density at radius 1 is 1.10 bits per heavy atom. The summed E-state index contributed by atoms with van der Waals surface area (Å²) in [6, 6.07) is 0. The van der Waals surface area contributed by atoms with E-state index in [2.05, 4.69) is 4.74 Å². The summed E-state index contributed by atoms with van der Waals surface area (Å²) in [4.78, 5) is 11.6. The average molecular weight is 324 g/mol. The quantitative estimate of drug-likeness (QED) is 0.621. The van der Waals surface area contributed by atoms with E-state index in [1.165, 1.54) is 13.8 Å². The molecule has 3 nitrogen and oxygen atoms in total. The number of aliphatic hydroxyl groups is 1. The minimum absolute atomic E-state index is 0.293. The summed E-state index contributed by atoms with van der Waals surface area (Å²) in [5, 5.41) is 8.99. The number of hydrogen-bond donors (Lipinski definition) is 1. The summed E-state index contributed by atoms with van der Waals surface area (Å²) >= 11 is 0. The fraction of sp³-hybridized carbons (Fsp3) is 0.917. The summed E-state index contributed by atoms with van der Waals surface area (Å²) in [7, 11) is 0. The molecule has 0 aromatic heterocycles. The first-order chi connectivity index (χ1) is 9.08. The van der Waals surface area contributed by atoms with Crippen molar-refractivity contribution in [2.24, 2.45) is 5.41 Å². The fourth-order valence-corrected chi connectivity index (χ4v) is 1.34. The molecule has 0 radical (unpaired) electrons. The minimum atomic E-state index is -5.92. The molecule has 0 rings (SSSR count). The highest BCUT2D eigenvalue weighted by atomic mass is 19.4. The summed E-state index contributed by atoms with van der Waals surface area (Å²) in [5.41, 5.74) is -5.96. The Kier molecular flexibility index (Phi) is 5.73. The number of hydrogen-bond acceptors (Lipinski definition) is 3. The van der Waals surface area contributed by atoms with Gasteiger partial charge in [-0.15, -0.1) is 0 Å². The zero-order valence-corrected chi connectivity index (χ0v) is 12.0. The summed E-state index contributed by atoms with van der Waals surface area (Å²) in [6.07, 6.45) is -15.1. The molecule has 1 N–H and O–H groups in total. The highest BCUT2D eigenvalue weighted by molar-refractivity contribution is 5.75. The zero-order chi connectivity index (χ0) is 17.3. The van der Waals surface area contributed by atoms with Gasteiger partial charge in [-0.2, -0.15) is 26.3 Å². The number of halogens is 6. The minimum Gasteiger partial charge on any atom is -0.462 e. The van der Waals surface area contributed by atoms with Crippen LogP contribution in [0.3, 0.4) is 0 Å². The second-order valence-electron chi connectivity index (χ2n) is 5.51. The van der Waals surface area contributed by atoms with Gasteiger partial charge in [-0.05, 0) is 27.2 Å². The van der Waals surface area contributed by atoms with Crippen LogP contribution in [0.15, 0.2) is 0 Å². The molecule has 1 unspecified atom stereocenters. The van der Waals surface area contributed by atoms with Crippen LogP contribution in [-0.4, -0.2) is 35.1 Å². The van der Waals surface area contributed by atoms with Crippen molar-refractivity contribution in [1.82, 2.24) is 0 Å². The van der Waals surface area contributed by atoms with Crippen LogP contribution in [-0.2, 0) is 9.53 Å². The summed E-state index contributed by atoms with van der Waals surface area (Å²) in [6.45, 7) is 5.38. The third-order valence-corrected chi connectivity index (χ3v) is 3.27. The molecular weight excluding hydrogens is 306 g/mol. The maximum absolute atomic E-state index is 12.5. The van der Waals surface area contributed by atoms with Crippen LogP contribution in [0, 0.1) is 5.41 Å². The lowest BCUT2D eigenvalue weighted by Gasteiger charge is -2.34. The molecule has 0 saturated heterocycles. The molecule has 0 fully saturated rings. The van der Waals surface area contributed by atoms with Crippen molar-refractivity contribution in [2.75, 3.05) is 0 Å². The van der Waals surface area contributed by atoms with E-state index >= 15 is 0 Å². The smallest absolute Gasteiger partial charge is 0.426 e. The molecule has 0 aliphatic heterocycles. The highest BCUT2D eigenvalue weighted by Gasteiger charge is 2.70. The van der Waals surface area contributed by atoms with Gasteiger partial charge in [0.15, 0.2) is 0 Å². The molecule has 126 valence electrons. The molecule has 0 aliphatic rings. The van der Waals surface area contributed by atoms with Crippen LogP contribution in [0.2, 0.25) is 0 Å². The monoisotopic (exact) mass is 324 g/mol. The van der Waals surface area contributed by atoms with Crippen molar-refractivity contribution < 1.29 is 41.0 Å². The highest BCUT2D eigenvalue weighted by Crippen LogP contribution is 2.46. The first-order valence-corrected chi connectivity index (χ1v) is 6.15. The molecule has 1 atom stereocenters. The molecular formula is C12H18F6O3. The molecule has 0 heterocycles. The van der Waals surface area contributed by atoms with Crippen LogP contribution >= 0.6 is 0 Å². The van der Waals surface area contributed by atoms with Crippen molar-refractivity contribution in [3.05, 3.63) is 0 Å². The largest absolute Gasteiger partial charge is 0.462 e. The SMILES string of the molecule is CCC(C)(C)C(=O)OC(C)CC(O)(C(F)(F)F)C(F)(F)F. The van der Waals surface area contributed by atoms with E-state index in [1.54, 1.807) is 6.92 Å². The molecule has 0 saturated carbocycles. The second-order valence-corrected chi connectivity index (χ2v) is 5.51. The van der Waals surface area contributed by atoms with E-state index in [0.29, 0.717) is 6.42 Å². The van der Waals surface area contributed by atoms with Crippen LogP contribution in [0.1, 0.15) is 40.5 Å². The van der Waals surface area contributed by atoms with Gasteiger partial charge in [0, 0.05) is 6.42 Å². The molecule has 0 aromatic carbocycles. The van der Waals surface area contributed by atoms with Gasteiger partial charge in [-0.25, -0.2) is 0 Å². The van der Waals surface area contributed by atoms with Gasteiger partial charge in [0.05, 0.1) is 5.41 Å². The van der Waals surface area contributed by atoms with Gasteiger partial charge in [0.1, 0.15) is 6.10 Å². The Bertz CT molecular complexity index is 358. The van der Waals surface area contributed by atoms with Crippen LogP contribution < -0.4 is 0 Å². The van der Waals surface area contributed by atoms with E-state index in [0.717, 1.165) is 6.92 Å². The van der Waals surface area contributed by atoms with Crippen molar-refractivity contribution in [3.63, 3.8) is 0 Å². The Hall–Kier alpha value is -0.990. The van der Waals surface area contributed by atoms with Gasteiger partial charge < -0.3 is 9.84 Å². The Morgan fingerprint density at radius 2 is 1.48 bits per heavy atom. The molecule has 0 amide bonds. The zero-order valence-electron chi connectivity index (χ0n) is 12.0. The number of rotatable bonds is 5. The first-order valence-electron chi connectivity index (χ1n) is 6.15. The third kappa shape index (κ3) is 4.49. The Morgan fingerprint density at radius 3 is 1.76 bits per heavy atom. The van der Waals surface area contributed by atoms with E-state index < -0.39 is 41.9 Å². The predicted octanol–water partition coefficient (Wildman–Crippen LogP) is 3.60. The molecule has 0 bridgehead atoms.